The maximum absolute atomic E-state index is 12.2. The number of phenolic OH excluding ortho intramolecular Hbond substituents is 1. The lowest BCUT2D eigenvalue weighted by Crippen LogP contribution is -2.30. The largest absolute Gasteiger partial charge is 0.508 e. The molecule has 0 saturated heterocycles. The van der Waals surface area contributed by atoms with E-state index in [-0.39, 0.29) is 28.4 Å². The van der Waals surface area contributed by atoms with E-state index in [1.807, 2.05) is 0 Å². The number of non-ortho nitro benzene ring substituents is 1. The molecular formula is C17H16N2O7. The summed E-state index contributed by atoms with van der Waals surface area (Å²) in [4.78, 5) is 34.5. The van der Waals surface area contributed by atoms with E-state index in [1.54, 1.807) is 0 Å². The zero-order chi connectivity index (χ0) is 19.3. The number of rotatable bonds is 6. The fraction of sp³-hybridized carbons (Fsp3) is 0.176. The molecule has 0 radical (unpaired) electrons. The monoisotopic (exact) mass is 360 g/mol. The summed E-state index contributed by atoms with van der Waals surface area (Å²) >= 11 is 0. The van der Waals surface area contributed by atoms with Crippen LogP contribution in [-0.4, -0.2) is 35.1 Å². The van der Waals surface area contributed by atoms with Crippen LogP contribution in [0.4, 0.5) is 11.4 Å². The second-order valence-electron chi connectivity index (χ2n) is 5.23. The topological polar surface area (TPSA) is 128 Å². The molecule has 136 valence electrons. The predicted octanol–water partition coefficient (Wildman–Crippen LogP) is 2.49. The van der Waals surface area contributed by atoms with E-state index in [4.69, 9.17) is 9.47 Å². The van der Waals surface area contributed by atoms with Gasteiger partial charge in [0, 0.05) is 12.1 Å². The summed E-state index contributed by atoms with van der Waals surface area (Å²) in [5, 5.41) is 22.5. The van der Waals surface area contributed by atoms with E-state index >= 15 is 0 Å². The number of carbonyl (C=O) groups excluding carboxylic acids is 2. The SMILES string of the molecule is COc1ccc([N+](=O)[O-])cc1NC(=O)C(C)OC(=O)c1ccc(O)cc1. The fourth-order valence-corrected chi connectivity index (χ4v) is 2.02. The Morgan fingerprint density at radius 1 is 1.19 bits per heavy atom. The number of hydrogen-bond donors (Lipinski definition) is 2. The molecule has 26 heavy (non-hydrogen) atoms. The lowest BCUT2D eigenvalue weighted by molar-refractivity contribution is -0.384. The van der Waals surface area contributed by atoms with Crippen molar-refractivity contribution in [1.82, 2.24) is 0 Å². The van der Waals surface area contributed by atoms with Crippen molar-refractivity contribution in [2.24, 2.45) is 0 Å². The molecule has 9 heteroatoms. The van der Waals surface area contributed by atoms with Crippen LogP contribution in [0.2, 0.25) is 0 Å². The van der Waals surface area contributed by atoms with Crippen LogP contribution in [0.25, 0.3) is 0 Å². The van der Waals surface area contributed by atoms with E-state index in [0.29, 0.717) is 0 Å². The van der Waals surface area contributed by atoms with Crippen LogP contribution in [0.3, 0.4) is 0 Å². The number of ether oxygens (including phenoxy) is 2. The van der Waals surface area contributed by atoms with E-state index in [1.165, 1.54) is 50.4 Å². The minimum Gasteiger partial charge on any atom is -0.508 e. The molecule has 9 nitrogen and oxygen atoms in total. The van der Waals surface area contributed by atoms with Crippen LogP contribution < -0.4 is 10.1 Å². The number of aromatic hydroxyl groups is 1. The highest BCUT2D eigenvalue weighted by Gasteiger charge is 2.21. The molecule has 2 aromatic rings. The highest BCUT2D eigenvalue weighted by atomic mass is 16.6. The van der Waals surface area contributed by atoms with Crippen molar-refractivity contribution in [3.8, 4) is 11.5 Å². The number of phenols is 1. The highest BCUT2D eigenvalue weighted by Crippen LogP contribution is 2.29. The molecule has 1 unspecified atom stereocenters. The van der Waals surface area contributed by atoms with E-state index in [9.17, 15) is 24.8 Å². The standard InChI is InChI=1S/C17H16N2O7/c1-10(26-17(22)11-3-6-13(20)7-4-11)16(21)18-14-9-12(19(23)24)5-8-15(14)25-2/h3-10,20H,1-2H3,(H,18,21). The third kappa shape index (κ3) is 4.47. The summed E-state index contributed by atoms with van der Waals surface area (Å²) in [6, 6.07) is 9.07. The lowest BCUT2D eigenvalue weighted by atomic mass is 10.2. The molecule has 0 bridgehead atoms. The highest BCUT2D eigenvalue weighted by molar-refractivity contribution is 5.98. The van der Waals surface area contributed by atoms with Crippen molar-refractivity contribution in [3.63, 3.8) is 0 Å². The van der Waals surface area contributed by atoms with E-state index in [2.05, 4.69) is 5.32 Å². The van der Waals surface area contributed by atoms with Crippen molar-refractivity contribution in [1.29, 1.82) is 0 Å². The van der Waals surface area contributed by atoms with Gasteiger partial charge in [-0.2, -0.15) is 0 Å². The Morgan fingerprint density at radius 2 is 1.85 bits per heavy atom. The van der Waals surface area contributed by atoms with Gasteiger partial charge in [-0.1, -0.05) is 0 Å². The first-order chi connectivity index (χ1) is 12.3. The van der Waals surface area contributed by atoms with Gasteiger partial charge in [0.2, 0.25) is 0 Å². The van der Waals surface area contributed by atoms with Gasteiger partial charge in [0.1, 0.15) is 11.5 Å². The Balaban J connectivity index is 2.09. The average molecular weight is 360 g/mol. The number of benzene rings is 2. The van der Waals surface area contributed by atoms with Gasteiger partial charge in [0.05, 0.1) is 23.3 Å². The minimum absolute atomic E-state index is 0.00916. The molecule has 0 aliphatic heterocycles. The summed E-state index contributed by atoms with van der Waals surface area (Å²) in [6.45, 7) is 1.36. The summed E-state index contributed by atoms with van der Waals surface area (Å²) in [6.07, 6.45) is -1.17. The van der Waals surface area contributed by atoms with E-state index in [0.717, 1.165) is 6.07 Å². The maximum atomic E-state index is 12.2. The quantitative estimate of drug-likeness (QED) is 0.460. The number of nitrogens with zero attached hydrogens (tertiary/aromatic N) is 1. The van der Waals surface area contributed by atoms with Gasteiger partial charge in [-0.15, -0.1) is 0 Å². The molecule has 2 N–H and O–H groups in total. The number of anilines is 1. The van der Waals surface area contributed by atoms with Crippen molar-refractivity contribution in [2.75, 3.05) is 12.4 Å². The summed E-state index contributed by atoms with van der Waals surface area (Å²) in [5.74, 6) is -1.22. The van der Waals surface area contributed by atoms with Gasteiger partial charge in [-0.05, 0) is 37.3 Å². The zero-order valence-electron chi connectivity index (χ0n) is 14.0. The first kappa shape index (κ1) is 18.7. The molecule has 0 fully saturated rings. The predicted molar refractivity (Wildman–Crippen MR) is 91.3 cm³/mol. The first-order valence-corrected chi connectivity index (χ1v) is 7.45. The first-order valence-electron chi connectivity index (χ1n) is 7.45. The molecule has 0 aliphatic rings. The average Bonchev–Trinajstić information content (AvgIpc) is 2.61. The second-order valence-corrected chi connectivity index (χ2v) is 5.23. The Hall–Kier alpha value is -3.62. The molecular weight excluding hydrogens is 344 g/mol. The van der Waals surface area contributed by atoms with Crippen LogP contribution in [0.5, 0.6) is 11.5 Å². The number of carbonyl (C=O) groups is 2. The normalized spacial score (nSPS) is 11.3. The molecule has 0 saturated carbocycles. The van der Waals surface area contributed by atoms with Crippen LogP contribution in [0.15, 0.2) is 42.5 Å². The number of nitro benzene ring substituents is 1. The molecule has 0 heterocycles. The number of esters is 1. The zero-order valence-corrected chi connectivity index (χ0v) is 14.0. The van der Waals surface area contributed by atoms with Crippen LogP contribution in [-0.2, 0) is 9.53 Å². The van der Waals surface area contributed by atoms with Crippen molar-refractivity contribution in [3.05, 3.63) is 58.1 Å². The van der Waals surface area contributed by atoms with E-state index < -0.39 is 22.9 Å². The molecule has 2 rings (SSSR count). The summed E-state index contributed by atoms with van der Waals surface area (Å²) in [7, 11) is 1.35. The van der Waals surface area contributed by atoms with Gasteiger partial charge in [-0.25, -0.2) is 4.79 Å². The molecule has 1 amide bonds. The number of amides is 1. The van der Waals surface area contributed by atoms with Gasteiger partial charge < -0.3 is 19.9 Å². The molecule has 0 aromatic heterocycles. The molecule has 0 aliphatic carbocycles. The smallest absolute Gasteiger partial charge is 0.338 e. The Kier molecular flexibility index (Phi) is 5.74. The molecule has 0 spiro atoms. The van der Waals surface area contributed by atoms with Gasteiger partial charge in [0.25, 0.3) is 11.6 Å². The number of methoxy groups -OCH3 is 1. The van der Waals surface area contributed by atoms with Crippen LogP contribution >= 0.6 is 0 Å². The summed E-state index contributed by atoms with van der Waals surface area (Å²) in [5.41, 5.74) is 0.0180. The number of hydrogen-bond acceptors (Lipinski definition) is 7. The van der Waals surface area contributed by atoms with Crippen LogP contribution in [0.1, 0.15) is 17.3 Å². The third-order valence-corrected chi connectivity index (χ3v) is 3.41. The molecule has 1 atom stereocenters. The minimum atomic E-state index is -1.17. The molecule has 2 aromatic carbocycles. The number of nitrogens with one attached hydrogen (secondary N) is 1. The van der Waals surface area contributed by atoms with Crippen LogP contribution in [0, 0.1) is 10.1 Å². The van der Waals surface area contributed by atoms with Gasteiger partial charge in [0.15, 0.2) is 6.10 Å². The Labute approximate surface area is 148 Å². The third-order valence-electron chi connectivity index (χ3n) is 3.41. The van der Waals surface area contributed by atoms with Crippen molar-refractivity contribution < 1.29 is 29.1 Å². The lowest BCUT2D eigenvalue weighted by Gasteiger charge is -2.15. The van der Waals surface area contributed by atoms with Crippen molar-refractivity contribution >= 4 is 23.3 Å². The Bertz CT molecular complexity index is 834. The van der Waals surface area contributed by atoms with Crippen molar-refractivity contribution in [2.45, 2.75) is 13.0 Å². The van der Waals surface area contributed by atoms with Gasteiger partial charge >= 0.3 is 5.97 Å². The van der Waals surface area contributed by atoms with Gasteiger partial charge in [-0.3, -0.25) is 14.9 Å². The fourth-order valence-electron chi connectivity index (χ4n) is 2.02. The second kappa shape index (κ2) is 7.97. The summed E-state index contributed by atoms with van der Waals surface area (Å²) < 4.78 is 10.1. The Morgan fingerprint density at radius 3 is 2.42 bits per heavy atom. The maximum Gasteiger partial charge on any atom is 0.338 e. The number of nitro groups is 1.